The van der Waals surface area contributed by atoms with Gasteiger partial charge in [0.15, 0.2) is 5.75 Å². The van der Waals surface area contributed by atoms with Crippen molar-refractivity contribution in [2.75, 3.05) is 19.5 Å². The van der Waals surface area contributed by atoms with Crippen LogP contribution < -0.4 is 15.2 Å². The summed E-state index contributed by atoms with van der Waals surface area (Å²) in [5.74, 6) is 1.10. The summed E-state index contributed by atoms with van der Waals surface area (Å²) in [6, 6.07) is 12.0. The highest BCUT2D eigenvalue weighted by atomic mass is 16.5. The molecule has 2 rings (SSSR count). The van der Waals surface area contributed by atoms with E-state index in [2.05, 4.69) is 0 Å². The van der Waals surface area contributed by atoms with Crippen LogP contribution in [0.2, 0.25) is 0 Å². The van der Waals surface area contributed by atoms with Gasteiger partial charge in [-0.05, 0) is 43.3 Å². The molecule has 0 amide bonds. The molecule has 0 unspecified atom stereocenters. The maximum atomic E-state index is 11.9. The van der Waals surface area contributed by atoms with Crippen molar-refractivity contribution in [1.29, 1.82) is 0 Å². The molecule has 0 bridgehead atoms. The highest BCUT2D eigenvalue weighted by Gasteiger charge is 2.16. The van der Waals surface area contributed by atoms with Crippen molar-refractivity contribution in [3.05, 3.63) is 48.0 Å². The molecule has 0 aliphatic heterocycles. The van der Waals surface area contributed by atoms with Gasteiger partial charge in [-0.1, -0.05) is 6.07 Å². The van der Waals surface area contributed by atoms with Gasteiger partial charge in [0.1, 0.15) is 17.1 Å². The molecule has 0 aliphatic carbocycles. The smallest absolute Gasteiger partial charge is 0.342 e. The van der Waals surface area contributed by atoms with Crippen molar-refractivity contribution in [2.24, 2.45) is 0 Å². The number of hydrogen-bond donors (Lipinski definition) is 1. The van der Waals surface area contributed by atoms with Gasteiger partial charge in [0.25, 0.3) is 0 Å². The van der Waals surface area contributed by atoms with Gasteiger partial charge in [-0.2, -0.15) is 0 Å². The predicted octanol–water partition coefficient (Wildman–Crippen LogP) is 3.25. The number of nitrogens with two attached hydrogens (primary N) is 1. The van der Waals surface area contributed by atoms with Crippen molar-refractivity contribution < 1.29 is 19.0 Å². The lowest BCUT2D eigenvalue weighted by molar-refractivity contribution is 0.0523. The number of esters is 1. The fraction of sp³-hybridized carbons (Fsp3) is 0.188. The van der Waals surface area contributed by atoms with Crippen molar-refractivity contribution in [2.45, 2.75) is 6.92 Å². The van der Waals surface area contributed by atoms with Crippen molar-refractivity contribution in [1.82, 2.24) is 0 Å². The number of para-hydroxylation sites is 1. The van der Waals surface area contributed by atoms with Gasteiger partial charge >= 0.3 is 5.97 Å². The maximum absolute atomic E-state index is 11.9. The van der Waals surface area contributed by atoms with Crippen LogP contribution in [0.3, 0.4) is 0 Å². The van der Waals surface area contributed by atoms with E-state index >= 15 is 0 Å². The minimum atomic E-state index is -0.465. The highest BCUT2D eigenvalue weighted by Crippen LogP contribution is 2.32. The van der Waals surface area contributed by atoms with E-state index in [0.717, 1.165) is 0 Å². The Morgan fingerprint density at radius 1 is 1.10 bits per heavy atom. The number of benzene rings is 2. The second-order valence-electron chi connectivity index (χ2n) is 4.22. The molecule has 5 nitrogen and oxygen atoms in total. The number of carbonyl (C=O) groups is 1. The zero-order chi connectivity index (χ0) is 15.2. The van der Waals surface area contributed by atoms with E-state index in [-0.39, 0.29) is 6.61 Å². The first kappa shape index (κ1) is 14.7. The number of carbonyl (C=O) groups excluding carboxylic acids is 1. The number of ether oxygens (including phenoxy) is 3. The average Bonchev–Trinajstić information content (AvgIpc) is 2.50. The first-order chi connectivity index (χ1) is 10.2. The molecule has 2 aromatic carbocycles. The molecule has 2 aromatic rings. The molecule has 0 aromatic heterocycles. The minimum Gasteiger partial charge on any atom is -0.497 e. The third kappa shape index (κ3) is 3.45. The lowest BCUT2D eigenvalue weighted by Gasteiger charge is -2.13. The topological polar surface area (TPSA) is 70.8 Å². The monoisotopic (exact) mass is 287 g/mol. The van der Waals surface area contributed by atoms with Crippen molar-refractivity contribution in [3.8, 4) is 17.2 Å². The normalized spacial score (nSPS) is 10.0. The first-order valence-electron chi connectivity index (χ1n) is 6.53. The summed E-state index contributed by atoms with van der Waals surface area (Å²) in [6.07, 6.45) is 0. The molecule has 0 fully saturated rings. The summed E-state index contributed by atoms with van der Waals surface area (Å²) in [5.41, 5.74) is 6.57. The quantitative estimate of drug-likeness (QED) is 0.675. The molecule has 5 heteroatoms. The number of methoxy groups -OCH3 is 1. The van der Waals surface area contributed by atoms with Crippen molar-refractivity contribution >= 4 is 11.7 Å². The van der Waals surface area contributed by atoms with Crippen molar-refractivity contribution in [3.63, 3.8) is 0 Å². The number of nitrogen functional groups attached to an aromatic ring is 1. The average molecular weight is 287 g/mol. The Morgan fingerprint density at radius 3 is 2.38 bits per heavy atom. The van der Waals surface area contributed by atoms with E-state index in [4.69, 9.17) is 19.9 Å². The van der Waals surface area contributed by atoms with Gasteiger partial charge in [0.05, 0.1) is 19.4 Å². The van der Waals surface area contributed by atoms with Gasteiger partial charge in [-0.25, -0.2) is 4.79 Å². The van der Waals surface area contributed by atoms with Crippen LogP contribution in [0.15, 0.2) is 42.5 Å². The highest BCUT2D eigenvalue weighted by molar-refractivity contribution is 5.94. The molecule has 0 radical (unpaired) electrons. The Kier molecular flexibility index (Phi) is 4.66. The molecule has 0 spiro atoms. The summed E-state index contributed by atoms with van der Waals surface area (Å²) in [7, 11) is 1.59. The standard InChI is InChI=1S/C16H17NO4/c1-3-20-16(18)13-5-4-6-14(17)15(13)21-12-9-7-11(19-2)8-10-12/h4-10H,3,17H2,1-2H3. The summed E-state index contributed by atoms with van der Waals surface area (Å²) in [5, 5.41) is 0. The Bertz CT molecular complexity index is 623. The van der Waals surface area contributed by atoms with Crippen LogP contribution >= 0.6 is 0 Å². The Morgan fingerprint density at radius 2 is 1.76 bits per heavy atom. The van der Waals surface area contributed by atoms with Crippen LogP contribution in [0.5, 0.6) is 17.2 Å². The summed E-state index contributed by atoms with van der Waals surface area (Å²) in [6.45, 7) is 2.03. The van der Waals surface area contributed by atoms with Gasteiger partial charge in [0.2, 0.25) is 0 Å². The second-order valence-corrected chi connectivity index (χ2v) is 4.22. The molecule has 0 saturated carbocycles. The molecule has 110 valence electrons. The summed E-state index contributed by atoms with van der Waals surface area (Å²) >= 11 is 0. The fourth-order valence-corrected chi connectivity index (χ4v) is 1.80. The van der Waals surface area contributed by atoms with Gasteiger partial charge < -0.3 is 19.9 Å². The molecule has 0 aliphatic rings. The molecule has 0 atom stereocenters. The number of rotatable bonds is 5. The van der Waals surface area contributed by atoms with Crippen LogP contribution in [0.25, 0.3) is 0 Å². The van der Waals surface area contributed by atoms with E-state index < -0.39 is 5.97 Å². The number of hydrogen-bond acceptors (Lipinski definition) is 5. The predicted molar refractivity (Wildman–Crippen MR) is 79.9 cm³/mol. The molecule has 0 heterocycles. The lowest BCUT2D eigenvalue weighted by Crippen LogP contribution is -2.08. The van der Waals surface area contributed by atoms with E-state index in [1.165, 1.54) is 0 Å². The molecule has 0 saturated heterocycles. The van der Waals surface area contributed by atoms with Crippen LogP contribution in [0.1, 0.15) is 17.3 Å². The molecule has 21 heavy (non-hydrogen) atoms. The minimum absolute atomic E-state index is 0.287. The maximum Gasteiger partial charge on any atom is 0.342 e. The second kappa shape index (κ2) is 6.65. The van der Waals surface area contributed by atoms with Crippen LogP contribution in [-0.4, -0.2) is 19.7 Å². The van der Waals surface area contributed by atoms with Crippen LogP contribution in [0.4, 0.5) is 5.69 Å². The van der Waals surface area contributed by atoms with Gasteiger partial charge in [-0.15, -0.1) is 0 Å². The van der Waals surface area contributed by atoms with E-state index in [1.54, 1.807) is 56.5 Å². The lowest BCUT2D eigenvalue weighted by atomic mass is 10.1. The fourth-order valence-electron chi connectivity index (χ4n) is 1.80. The number of anilines is 1. The van der Waals surface area contributed by atoms with E-state index in [0.29, 0.717) is 28.5 Å². The Hall–Kier alpha value is -2.69. The zero-order valence-electron chi connectivity index (χ0n) is 12.0. The van der Waals surface area contributed by atoms with Crippen LogP contribution in [-0.2, 0) is 4.74 Å². The van der Waals surface area contributed by atoms with E-state index in [1.807, 2.05) is 0 Å². The zero-order valence-corrected chi connectivity index (χ0v) is 12.0. The summed E-state index contributed by atoms with van der Waals surface area (Å²) in [4.78, 5) is 11.9. The Labute approximate surface area is 123 Å². The van der Waals surface area contributed by atoms with E-state index in [9.17, 15) is 4.79 Å². The molecular formula is C16H17NO4. The Balaban J connectivity index is 2.31. The largest absolute Gasteiger partial charge is 0.497 e. The van der Waals surface area contributed by atoms with Gasteiger partial charge in [-0.3, -0.25) is 0 Å². The molecule has 2 N–H and O–H groups in total. The third-order valence-corrected chi connectivity index (χ3v) is 2.82. The summed E-state index contributed by atoms with van der Waals surface area (Å²) < 4.78 is 15.8. The first-order valence-corrected chi connectivity index (χ1v) is 6.53. The van der Waals surface area contributed by atoms with Gasteiger partial charge in [0, 0.05) is 0 Å². The van der Waals surface area contributed by atoms with Crippen LogP contribution in [0, 0.1) is 0 Å². The third-order valence-electron chi connectivity index (χ3n) is 2.82. The SMILES string of the molecule is CCOC(=O)c1cccc(N)c1Oc1ccc(OC)cc1. The molecular weight excluding hydrogens is 270 g/mol.